The molecule has 0 aromatic heterocycles. The molecule has 0 radical (unpaired) electrons. The monoisotopic (exact) mass is 1140 g/mol. The molecule has 468 valence electrons. The Hall–Kier alpha value is -2.29. The van der Waals surface area contributed by atoms with Gasteiger partial charge in [0.25, 0.3) is 7.82 Å². The molecule has 0 aliphatic heterocycles. The molecule has 0 bridgehead atoms. The van der Waals surface area contributed by atoms with E-state index < -0.39 is 26.5 Å². The summed E-state index contributed by atoms with van der Waals surface area (Å²) < 4.78 is 34.3. The van der Waals surface area contributed by atoms with E-state index in [1.807, 2.05) is 21.1 Å². The highest BCUT2D eigenvalue weighted by molar-refractivity contribution is 7.45. The van der Waals surface area contributed by atoms with Crippen molar-refractivity contribution in [1.82, 2.24) is 0 Å². The maximum atomic E-state index is 12.9. The fourth-order valence-electron chi connectivity index (χ4n) is 9.82. The Morgan fingerprint density at radius 3 is 1.07 bits per heavy atom. The maximum absolute atomic E-state index is 12.9. The maximum Gasteiger partial charge on any atom is 0.306 e. The fraction of sp³-hybridized carbons (Fsp3) is 0.829. The summed E-state index contributed by atoms with van der Waals surface area (Å²) >= 11 is 0. The number of likely N-dealkylation sites (N-methyl/N-ethyl adjacent to an activating group) is 1. The van der Waals surface area contributed by atoms with Crippen molar-refractivity contribution in [3.8, 4) is 0 Å². The Labute approximate surface area is 496 Å². The number of phosphoric acid groups is 1. The second kappa shape index (κ2) is 61.3. The van der Waals surface area contributed by atoms with Crippen molar-refractivity contribution in [3.05, 3.63) is 60.8 Å². The molecular formula is C70H130NO8P. The molecule has 0 aliphatic rings. The zero-order valence-electron chi connectivity index (χ0n) is 53.3. The van der Waals surface area contributed by atoms with Crippen molar-refractivity contribution in [3.63, 3.8) is 0 Å². The number of unbranched alkanes of at least 4 members (excludes halogenated alkanes) is 39. The molecule has 0 saturated carbocycles. The first-order valence-corrected chi connectivity index (χ1v) is 35.5. The second-order valence-corrected chi connectivity index (χ2v) is 25.6. The molecule has 0 aromatic carbocycles. The first-order valence-electron chi connectivity index (χ1n) is 34.0. The van der Waals surface area contributed by atoms with Crippen LogP contribution in [0.3, 0.4) is 0 Å². The van der Waals surface area contributed by atoms with Gasteiger partial charge in [-0.15, -0.1) is 0 Å². The number of quaternary nitrogens is 1. The van der Waals surface area contributed by atoms with Crippen molar-refractivity contribution < 1.29 is 42.1 Å². The number of phosphoric ester groups is 1. The Balaban J connectivity index is 3.99. The summed E-state index contributed by atoms with van der Waals surface area (Å²) in [5.41, 5.74) is 0. The highest BCUT2D eigenvalue weighted by atomic mass is 31.2. The van der Waals surface area contributed by atoms with Gasteiger partial charge in [0, 0.05) is 12.8 Å². The molecule has 80 heavy (non-hydrogen) atoms. The minimum absolute atomic E-state index is 0.0298. The summed E-state index contributed by atoms with van der Waals surface area (Å²) in [5, 5.41) is 0. The van der Waals surface area contributed by atoms with Crippen LogP contribution >= 0.6 is 7.82 Å². The zero-order chi connectivity index (χ0) is 58.4. The van der Waals surface area contributed by atoms with Crippen molar-refractivity contribution in [2.75, 3.05) is 47.5 Å². The lowest BCUT2D eigenvalue weighted by atomic mass is 10.0. The number of nitrogens with zero attached hydrogens (tertiary/aromatic N) is 1. The summed E-state index contributed by atoms with van der Waals surface area (Å²) in [6.45, 7) is 4.17. The van der Waals surface area contributed by atoms with Gasteiger partial charge in [-0.25, -0.2) is 0 Å². The first-order chi connectivity index (χ1) is 39.0. The minimum atomic E-state index is -4.64. The van der Waals surface area contributed by atoms with E-state index >= 15 is 0 Å². The number of carbonyl (C=O) groups excluding carboxylic acids is 2. The van der Waals surface area contributed by atoms with Gasteiger partial charge in [0.05, 0.1) is 27.7 Å². The molecule has 0 rings (SSSR count). The number of ether oxygens (including phenoxy) is 2. The summed E-state index contributed by atoms with van der Waals surface area (Å²) in [7, 11) is 1.18. The smallest absolute Gasteiger partial charge is 0.306 e. The molecule has 0 heterocycles. The molecular weight excluding hydrogens is 1010 g/mol. The van der Waals surface area contributed by atoms with Gasteiger partial charge in [0.2, 0.25) is 0 Å². The van der Waals surface area contributed by atoms with E-state index in [9.17, 15) is 19.0 Å². The van der Waals surface area contributed by atoms with E-state index in [0.717, 1.165) is 57.8 Å². The van der Waals surface area contributed by atoms with Crippen LogP contribution in [0.4, 0.5) is 0 Å². The molecule has 10 heteroatoms. The third kappa shape index (κ3) is 64.9. The van der Waals surface area contributed by atoms with Crippen LogP contribution in [0.2, 0.25) is 0 Å². The second-order valence-electron chi connectivity index (χ2n) is 24.2. The summed E-state index contributed by atoms with van der Waals surface area (Å²) in [6, 6.07) is 0. The Kier molecular flexibility index (Phi) is 59.5. The van der Waals surface area contributed by atoms with Crippen molar-refractivity contribution >= 4 is 19.8 Å². The first kappa shape index (κ1) is 77.7. The molecule has 0 amide bonds. The minimum Gasteiger partial charge on any atom is -0.756 e. The lowest BCUT2D eigenvalue weighted by Crippen LogP contribution is -2.37. The molecule has 0 saturated heterocycles. The third-order valence-corrected chi connectivity index (χ3v) is 16.0. The van der Waals surface area contributed by atoms with Crippen LogP contribution in [0.1, 0.15) is 322 Å². The van der Waals surface area contributed by atoms with Crippen LogP contribution in [0.25, 0.3) is 0 Å². The van der Waals surface area contributed by atoms with E-state index in [0.29, 0.717) is 17.4 Å². The van der Waals surface area contributed by atoms with Crippen LogP contribution in [0, 0.1) is 0 Å². The summed E-state index contributed by atoms with van der Waals surface area (Å²) in [5.74, 6) is -0.820. The number of hydrogen-bond donors (Lipinski definition) is 0. The molecule has 0 aromatic rings. The van der Waals surface area contributed by atoms with Gasteiger partial charge < -0.3 is 27.9 Å². The van der Waals surface area contributed by atoms with E-state index in [2.05, 4.69) is 74.6 Å². The number of rotatable bonds is 63. The average molecular weight is 1140 g/mol. The van der Waals surface area contributed by atoms with Crippen LogP contribution in [0.5, 0.6) is 0 Å². The molecule has 0 fully saturated rings. The molecule has 0 aliphatic carbocycles. The van der Waals surface area contributed by atoms with Gasteiger partial charge in [-0.05, 0) is 77.0 Å². The normalized spacial score (nSPS) is 13.5. The van der Waals surface area contributed by atoms with Crippen molar-refractivity contribution in [2.45, 2.75) is 328 Å². The van der Waals surface area contributed by atoms with Crippen LogP contribution in [-0.4, -0.2) is 70.0 Å². The van der Waals surface area contributed by atoms with Gasteiger partial charge in [0.1, 0.15) is 19.8 Å². The number of esters is 2. The highest BCUT2D eigenvalue weighted by Crippen LogP contribution is 2.38. The lowest BCUT2D eigenvalue weighted by molar-refractivity contribution is -0.870. The van der Waals surface area contributed by atoms with Gasteiger partial charge in [0.15, 0.2) is 6.10 Å². The van der Waals surface area contributed by atoms with Gasteiger partial charge >= 0.3 is 11.9 Å². The molecule has 2 atom stereocenters. The predicted octanol–water partition coefficient (Wildman–Crippen LogP) is 21.2. The largest absolute Gasteiger partial charge is 0.756 e. The van der Waals surface area contributed by atoms with Crippen LogP contribution in [0.15, 0.2) is 60.8 Å². The number of allylic oxidation sites excluding steroid dienone is 10. The molecule has 0 spiro atoms. The highest BCUT2D eigenvalue weighted by Gasteiger charge is 2.22. The van der Waals surface area contributed by atoms with Gasteiger partial charge in [-0.2, -0.15) is 0 Å². The summed E-state index contributed by atoms with van der Waals surface area (Å²) in [4.78, 5) is 38.0. The van der Waals surface area contributed by atoms with Crippen LogP contribution in [-0.2, 0) is 32.7 Å². The third-order valence-electron chi connectivity index (χ3n) is 15.0. The van der Waals surface area contributed by atoms with Crippen molar-refractivity contribution in [2.24, 2.45) is 0 Å². The Morgan fingerprint density at radius 2 is 0.713 bits per heavy atom. The van der Waals surface area contributed by atoms with Crippen molar-refractivity contribution in [1.29, 1.82) is 0 Å². The lowest BCUT2D eigenvalue weighted by Gasteiger charge is -2.28. The van der Waals surface area contributed by atoms with E-state index in [1.165, 1.54) is 231 Å². The fourth-order valence-corrected chi connectivity index (χ4v) is 10.6. The van der Waals surface area contributed by atoms with E-state index in [1.54, 1.807) is 0 Å². The molecule has 0 N–H and O–H groups in total. The van der Waals surface area contributed by atoms with Gasteiger partial charge in [-0.1, -0.05) is 293 Å². The van der Waals surface area contributed by atoms with E-state index in [-0.39, 0.29) is 32.0 Å². The standard InChI is InChI=1S/C70H130NO8P/c1-6-8-10-12-14-16-18-20-22-24-26-28-29-30-31-32-33-34-35-36-37-38-39-40-41-43-45-47-49-51-53-55-57-59-61-63-70(73)79-68(67-78-80(74,75)77-65-64-71(3,4)5)66-76-69(72)62-60-58-56-54-52-50-48-46-44-42-27-25-23-21-19-17-15-13-11-9-7-2/h8,10,14,16,20,22,25-28,68H,6-7,9,11-13,15,17-19,21,23-24,29-67H2,1-5H3/b10-8-,16-14-,22-20-,27-25-,28-26-. The summed E-state index contributed by atoms with van der Waals surface area (Å²) in [6.07, 6.45) is 80.1. The predicted molar refractivity (Wildman–Crippen MR) is 342 cm³/mol. The molecule has 9 nitrogen and oxygen atoms in total. The number of carbonyl (C=O) groups is 2. The van der Waals surface area contributed by atoms with Gasteiger partial charge in [-0.3, -0.25) is 14.2 Å². The number of hydrogen-bond acceptors (Lipinski definition) is 8. The molecule has 2 unspecified atom stereocenters. The van der Waals surface area contributed by atoms with E-state index in [4.69, 9.17) is 18.5 Å². The average Bonchev–Trinajstić information content (AvgIpc) is 3.42. The Bertz CT molecular complexity index is 1530. The SMILES string of the molecule is CC/C=C\C/C=C\C/C=C\C/C=C\CCCCCCCCCCCCCCCCCCCCCCCCC(=O)OC(COC(=O)CCCCCCCCCCC/C=C\CCCCCCCCCC)COP(=O)([O-])OCC[N+](C)(C)C. The zero-order valence-corrected chi connectivity index (χ0v) is 54.2. The quantitative estimate of drug-likeness (QED) is 0.0195. The topological polar surface area (TPSA) is 111 Å². The Morgan fingerprint density at radius 1 is 0.400 bits per heavy atom. The van der Waals surface area contributed by atoms with Crippen LogP contribution < -0.4 is 4.89 Å².